The number of aryl methyl sites for hydroxylation is 2. The summed E-state index contributed by atoms with van der Waals surface area (Å²) in [7, 11) is 0. The molecule has 3 heterocycles. The van der Waals surface area contributed by atoms with Crippen molar-refractivity contribution in [2.24, 2.45) is 0 Å². The second kappa shape index (κ2) is 12.6. The predicted molar refractivity (Wildman–Crippen MR) is 257 cm³/mol. The number of benzene rings is 5. The van der Waals surface area contributed by atoms with Gasteiger partial charge < -0.3 is 9.80 Å². The molecular formula is C54H63BN2S. The van der Waals surface area contributed by atoms with Gasteiger partial charge in [-0.05, 0) is 152 Å². The minimum absolute atomic E-state index is 0.00750. The van der Waals surface area contributed by atoms with Gasteiger partial charge in [-0.15, -0.1) is 11.3 Å². The standard InChI is InChI=1S/C54H63BN2S/c1-32-25-44-47-45(26-32)57(42-22-20-35(27-33(42)2)51(6,7)8)48-38-30-39-40(54(14,15)24-23-53(39,12)13)31-46(38)58-49(48)55(47)41-21-19-36(52(9,10)11)29-43(41)56(44)37-18-16-17-34(28-37)50(3,4)5/h16-22,25-31H,23-24H2,1-15H3. The van der Waals surface area contributed by atoms with Crippen LogP contribution in [0, 0.1) is 13.8 Å². The number of hydrogen-bond acceptors (Lipinski definition) is 3. The van der Waals surface area contributed by atoms with Crippen LogP contribution < -0.4 is 25.5 Å². The van der Waals surface area contributed by atoms with E-state index in [0.29, 0.717) is 0 Å². The third kappa shape index (κ3) is 6.02. The molecule has 0 amide bonds. The number of anilines is 6. The average Bonchev–Trinajstić information content (AvgIpc) is 3.50. The third-order valence-corrected chi connectivity index (χ3v) is 15.1. The molecule has 0 fully saturated rings. The fourth-order valence-electron chi connectivity index (χ4n) is 10.2. The Morgan fingerprint density at radius 1 is 0.569 bits per heavy atom. The van der Waals surface area contributed by atoms with Gasteiger partial charge in [0.25, 0.3) is 6.71 Å². The van der Waals surface area contributed by atoms with E-state index in [0.717, 1.165) is 0 Å². The molecule has 0 spiro atoms. The Morgan fingerprint density at radius 3 is 1.76 bits per heavy atom. The summed E-state index contributed by atoms with van der Waals surface area (Å²) in [5.41, 5.74) is 20.6. The summed E-state index contributed by atoms with van der Waals surface area (Å²) >= 11 is 2.04. The van der Waals surface area contributed by atoms with E-state index in [1.165, 1.54) is 112 Å². The van der Waals surface area contributed by atoms with E-state index in [2.05, 4.69) is 199 Å². The highest BCUT2D eigenvalue weighted by Gasteiger charge is 2.47. The summed E-state index contributed by atoms with van der Waals surface area (Å²) in [6.07, 6.45) is 2.41. The average molecular weight is 783 g/mol. The van der Waals surface area contributed by atoms with Crippen LogP contribution in [0.4, 0.5) is 34.1 Å². The van der Waals surface area contributed by atoms with E-state index in [-0.39, 0.29) is 33.8 Å². The van der Waals surface area contributed by atoms with E-state index < -0.39 is 0 Å². The first kappa shape index (κ1) is 39.2. The predicted octanol–water partition coefficient (Wildman–Crippen LogP) is 13.8. The minimum atomic E-state index is 0.00750. The van der Waals surface area contributed by atoms with E-state index >= 15 is 0 Å². The van der Waals surface area contributed by atoms with Crippen molar-refractivity contribution in [2.45, 2.75) is 144 Å². The van der Waals surface area contributed by atoms with Gasteiger partial charge in [-0.3, -0.25) is 0 Å². The van der Waals surface area contributed by atoms with Gasteiger partial charge >= 0.3 is 0 Å². The SMILES string of the molecule is Cc1cc2c3c(c1)N(c1ccc(C(C)(C)C)cc1C)c1c(sc4cc5c(cc14)C(C)(C)CCC5(C)C)B3c1ccc(C(C)(C)C)cc1N2c1cccc(C(C)(C)C)c1. The first-order valence-corrected chi connectivity index (χ1v) is 22.5. The van der Waals surface area contributed by atoms with Gasteiger partial charge in [0.1, 0.15) is 0 Å². The number of hydrogen-bond donors (Lipinski definition) is 0. The molecule has 58 heavy (non-hydrogen) atoms. The monoisotopic (exact) mass is 782 g/mol. The summed E-state index contributed by atoms with van der Waals surface area (Å²) in [6, 6.07) is 34.2. The first-order valence-electron chi connectivity index (χ1n) is 21.7. The normalized spacial score (nSPS) is 16.9. The molecule has 0 unspecified atom stereocenters. The summed E-state index contributed by atoms with van der Waals surface area (Å²) in [4.78, 5) is 5.29. The Morgan fingerprint density at radius 2 is 1.14 bits per heavy atom. The van der Waals surface area contributed by atoms with Crippen LogP contribution in [0.15, 0.2) is 84.9 Å². The second-order valence-corrected chi connectivity index (χ2v) is 23.5. The highest BCUT2D eigenvalue weighted by atomic mass is 32.1. The fraction of sp³-hybridized carbons (Fsp3) is 0.407. The third-order valence-electron chi connectivity index (χ3n) is 13.9. The Balaban J connectivity index is 1.42. The molecule has 298 valence electrons. The lowest BCUT2D eigenvalue weighted by Gasteiger charge is -2.44. The van der Waals surface area contributed by atoms with Gasteiger partial charge in [0.2, 0.25) is 0 Å². The number of fused-ring (bicyclic) bond motifs is 7. The molecule has 2 aliphatic heterocycles. The molecule has 1 aromatic heterocycles. The number of nitrogens with zero attached hydrogens (tertiary/aromatic N) is 2. The van der Waals surface area contributed by atoms with E-state index in [1.54, 1.807) is 0 Å². The zero-order valence-corrected chi connectivity index (χ0v) is 38.7. The van der Waals surface area contributed by atoms with Gasteiger partial charge in [0, 0.05) is 43.3 Å². The van der Waals surface area contributed by atoms with E-state index in [9.17, 15) is 0 Å². The molecule has 9 rings (SSSR count). The Bertz CT molecular complexity index is 2670. The Hall–Kier alpha value is -4.28. The van der Waals surface area contributed by atoms with Crippen molar-refractivity contribution >= 4 is 78.0 Å². The minimum Gasteiger partial charge on any atom is -0.311 e. The number of thiophene rings is 1. The topological polar surface area (TPSA) is 6.48 Å². The van der Waals surface area contributed by atoms with Gasteiger partial charge in [-0.1, -0.05) is 126 Å². The summed E-state index contributed by atoms with van der Waals surface area (Å²) in [5.74, 6) is 0. The second-order valence-electron chi connectivity index (χ2n) is 22.4. The van der Waals surface area contributed by atoms with Crippen molar-refractivity contribution in [2.75, 3.05) is 9.80 Å². The first-order chi connectivity index (χ1) is 27.0. The molecule has 3 aliphatic rings. The summed E-state index contributed by atoms with van der Waals surface area (Å²) in [6.45, 7) is 35.6. The van der Waals surface area contributed by atoms with Crippen molar-refractivity contribution in [3.05, 3.63) is 124 Å². The number of rotatable bonds is 2. The molecule has 4 heteroatoms. The van der Waals surface area contributed by atoms with E-state index in [1.807, 2.05) is 11.3 Å². The van der Waals surface area contributed by atoms with Crippen molar-refractivity contribution in [1.82, 2.24) is 0 Å². The molecular weight excluding hydrogens is 719 g/mol. The zero-order valence-electron chi connectivity index (χ0n) is 37.9. The van der Waals surface area contributed by atoms with Crippen molar-refractivity contribution in [3.8, 4) is 0 Å². The maximum absolute atomic E-state index is 2.68. The van der Waals surface area contributed by atoms with Crippen molar-refractivity contribution in [1.29, 1.82) is 0 Å². The highest BCUT2D eigenvalue weighted by molar-refractivity contribution is 7.33. The molecule has 0 saturated heterocycles. The van der Waals surface area contributed by atoms with Gasteiger partial charge in [0.15, 0.2) is 0 Å². The van der Waals surface area contributed by atoms with Crippen molar-refractivity contribution < 1.29 is 0 Å². The van der Waals surface area contributed by atoms with E-state index in [4.69, 9.17) is 0 Å². The molecule has 2 nitrogen and oxygen atoms in total. The van der Waals surface area contributed by atoms with Gasteiger partial charge in [-0.25, -0.2) is 0 Å². The zero-order chi connectivity index (χ0) is 41.6. The van der Waals surface area contributed by atoms with Crippen LogP contribution in [-0.2, 0) is 27.1 Å². The molecule has 0 saturated carbocycles. The molecule has 0 N–H and O–H groups in total. The Labute approximate surface area is 353 Å². The lowest BCUT2D eigenvalue weighted by Crippen LogP contribution is -2.60. The molecule has 5 aromatic carbocycles. The molecule has 1 aliphatic carbocycles. The van der Waals surface area contributed by atoms with Crippen LogP contribution in [0.25, 0.3) is 10.1 Å². The maximum atomic E-state index is 2.68. The van der Waals surface area contributed by atoms with Gasteiger partial charge in [0.05, 0.1) is 5.69 Å². The largest absolute Gasteiger partial charge is 0.311 e. The lowest BCUT2D eigenvalue weighted by molar-refractivity contribution is 0.332. The molecule has 0 bridgehead atoms. The lowest BCUT2D eigenvalue weighted by atomic mass is 9.36. The Kier molecular flexibility index (Phi) is 8.53. The molecule has 0 radical (unpaired) electrons. The van der Waals surface area contributed by atoms with Crippen LogP contribution in [-0.4, -0.2) is 6.71 Å². The van der Waals surface area contributed by atoms with Crippen LogP contribution in [0.3, 0.4) is 0 Å². The quantitative estimate of drug-likeness (QED) is 0.161. The van der Waals surface area contributed by atoms with Crippen LogP contribution >= 0.6 is 11.3 Å². The highest BCUT2D eigenvalue weighted by Crippen LogP contribution is 2.53. The van der Waals surface area contributed by atoms with Crippen LogP contribution in [0.1, 0.15) is 142 Å². The van der Waals surface area contributed by atoms with Crippen molar-refractivity contribution in [3.63, 3.8) is 0 Å². The molecule has 6 aromatic rings. The van der Waals surface area contributed by atoms with Crippen LogP contribution in [0.2, 0.25) is 0 Å². The molecule has 0 atom stereocenters. The summed E-state index contributed by atoms with van der Waals surface area (Å²) < 4.78 is 2.86. The summed E-state index contributed by atoms with van der Waals surface area (Å²) in [5, 5.41) is 1.39. The maximum Gasteiger partial charge on any atom is 0.264 e. The van der Waals surface area contributed by atoms with Gasteiger partial charge in [-0.2, -0.15) is 0 Å². The fourth-order valence-corrected chi connectivity index (χ4v) is 11.5. The smallest absolute Gasteiger partial charge is 0.264 e. The van der Waals surface area contributed by atoms with Crippen LogP contribution in [0.5, 0.6) is 0 Å².